The molecule has 1 aromatic rings. The number of rotatable bonds is 3. The molecule has 0 aromatic heterocycles. The molecule has 1 aromatic carbocycles. The van der Waals surface area contributed by atoms with Gasteiger partial charge in [0.1, 0.15) is 11.6 Å². The van der Waals surface area contributed by atoms with E-state index in [0.717, 1.165) is 12.8 Å². The highest BCUT2D eigenvalue weighted by Gasteiger charge is 2.19. The molecule has 0 spiro atoms. The van der Waals surface area contributed by atoms with Gasteiger partial charge in [-0.25, -0.2) is 4.39 Å². The first kappa shape index (κ1) is 12.7. The molecule has 0 unspecified atom stereocenters. The molecule has 2 rings (SSSR count). The van der Waals surface area contributed by atoms with Gasteiger partial charge in [0.2, 0.25) is 0 Å². The third-order valence-corrected chi connectivity index (χ3v) is 3.06. The van der Waals surface area contributed by atoms with Crippen molar-refractivity contribution in [3.8, 4) is 6.07 Å². The van der Waals surface area contributed by atoms with Crippen LogP contribution in [0.25, 0.3) is 0 Å². The summed E-state index contributed by atoms with van der Waals surface area (Å²) in [4.78, 5) is 11.1. The fourth-order valence-corrected chi connectivity index (χ4v) is 2.09. The lowest BCUT2D eigenvalue weighted by Crippen LogP contribution is -2.21. The van der Waals surface area contributed by atoms with Crippen LogP contribution in [0.2, 0.25) is 0 Å². The average Bonchev–Trinajstić information content (AvgIpc) is 2.37. The van der Waals surface area contributed by atoms with Crippen molar-refractivity contribution in [3.05, 3.63) is 35.1 Å². The Hall–Kier alpha value is -1.73. The SMILES string of the molecule is N#Cc1cc(F)cc(COC2CCC(=O)CC2)c1. The van der Waals surface area contributed by atoms with E-state index in [1.54, 1.807) is 6.07 Å². The molecule has 0 saturated heterocycles. The molecule has 0 aliphatic heterocycles. The van der Waals surface area contributed by atoms with Gasteiger partial charge < -0.3 is 4.74 Å². The van der Waals surface area contributed by atoms with Crippen molar-refractivity contribution in [2.75, 3.05) is 0 Å². The van der Waals surface area contributed by atoms with Crippen LogP contribution in [0.5, 0.6) is 0 Å². The Bertz CT molecular complexity index is 483. The maximum atomic E-state index is 13.2. The van der Waals surface area contributed by atoms with E-state index in [1.807, 2.05) is 6.07 Å². The predicted octanol–water partition coefficient (Wildman–Crippen LogP) is 2.73. The first-order valence-corrected chi connectivity index (χ1v) is 6.00. The van der Waals surface area contributed by atoms with E-state index in [1.165, 1.54) is 12.1 Å². The van der Waals surface area contributed by atoms with Crippen molar-refractivity contribution in [2.45, 2.75) is 38.4 Å². The van der Waals surface area contributed by atoms with Gasteiger partial charge in [0.05, 0.1) is 24.3 Å². The molecule has 0 amide bonds. The van der Waals surface area contributed by atoms with Gasteiger partial charge in [-0.05, 0) is 36.6 Å². The van der Waals surface area contributed by atoms with Gasteiger partial charge in [0.25, 0.3) is 0 Å². The number of carbonyl (C=O) groups excluding carboxylic acids is 1. The number of nitriles is 1. The summed E-state index contributed by atoms with van der Waals surface area (Å²) < 4.78 is 18.8. The van der Waals surface area contributed by atoms with E-state index < -0.39 is 5.82 Å². The molecule has 0 N–H and O–H groups in total. The van der Waals surface area contributed by atoms with Crippen LogP contribution in [0.3, 0.4) is 0 Å². The molecule has 0 atom stereocenters. The maximum absolute atomic E-state index is 13.2. The van der Waals surface area contributed by atoms with Crippen LogP contribution in [0.1, 0.15) is 36.8 Å². The van der Waals surface area contributed by atoms with Gasteiger partial charge in [-0.1, -0.05) is 0 Å². The fourth-order valence-electron chi connectivity index (χ4n) is 2.09. The molecule has 1 fully saturated rings. The third-order valence-electron chi connectivity index (χ3n) is 3.06. The second kappa shape index (κ2) is 5.74. The quantitative estimate of drug-likeness (QED) is 0.825. The standard InChI is InChI=1S/C14H14FNO2/c15-12-6-10(8-16)5-11(7-12)9-18-14-3-1-13(17)2-4-14/h5-7,14H,1-4,9H2. The van der Waals surface area contributed by atoms with Crippen molar-refractivity contribution >= 4 is 5.78 Å². The topological polar surface area (TPSA) is 50.1 Å². The largest absolute Gasteiger partial charge is 0.374 e. The average molecular weight is 247 g/mol. The molecule has 0 radical (unpaired) electrons. The summed E-state index contributed by atoms with van der Waals surface area (Å²) in [6.07, 6.45) is 2.67. The normalized spacial score (nSPS) is 16.6. The summed E-state index contributed by atoms with van der Waals surface area (Å²) >= 11 is 0. The molecular weight excluding hydrogens is 233 g/mol. The molecule has 1 aliphatic carbocycles. The summed E-state index contributed by atoms with van der Waals surface area (Å²) in [5, 5.41) is 8.74. The zero-order chi connectivity index (χ0) is 13.0. The molecule has 1 saturated carbocycles. The summed E-state index contributed by atoms with van der Waals surface area (Å²) in [5.74, 6) is -0.140. The number of nitrogens with zero attached hydrogens (tertiary/aromatic N) is 1. The van der Waals surface area contributed by atoms with Crippen molar-refractivity contribution < 1.29 is 13.9 Å². The Morgan fingerprint density at radius 3 is 2.72 bits per heavy atom. The van der Waals surface area contributed by atoms with E-state index in [4.69, 9.17) is 10.00 Å². The highest BCUT2D eigenvalue weighted by molar-refractivity contribution is 5.79. The molecule has 0 heterocycles. The van der Waals surface area contributed by atoms with Gasteiger partial charge >= 0.3 is 0 Å². The summed E-state index contributed by atoms with van der Waals surface area (Å²) in [6.45, 7) is 0.283. The smallest absolute Gasteiger partial charge is 0.133 e. The number of halogens is 1. The van der Waals surface area contributed by atoms with Crippen LogP contribution in [0, 0.1) is 17.1 Å². The van der Waals surface area contributed by atoms with E-state index in [9.17, 15) is 9.18 Å². The lowest BCUT2D eigenvalue weighted by molar-refractivity contribution is -0.123. The highest BCUT2D eigenvalue weighted by atomic mass is 19.1. The Labute approximate surface area is 105 Å². The molecule has 18 heavy (non-hydrogen) atoms. The number of hydrogen-bond donors (Lipinski definition) is 0. The van der Waals surface area contributed by atoms with E-state index in [-0.39, 0.29) is 18.5 Å². The van der Waals surface area contributed by atoms with Crippen molar-refractivity contribution in [3.63, 3.8) is 0 Å². The van der Waals surface area contributed by atoms with Gasteiger partial charge in [-0.3, -0.25) is 4.79 Å². The molecule has 94 valence electrons. The molecule has 3 nitrogen and oxygen atoms in total. The Balaban J connectivity index is 1.92. The molecule has 0 bridgehead atoms. The summed E-state index contributed by atoms with van der Waals surface area (Å²) in [7, 11) is 0. The summed E-state index contributed by atoms with van der Waals surface area (Å²) in [5.41, 5.74) is 0.955. The van der Waals surface area contributed by atoms with Gasteiger partial charge in [-0.15, -0.1) is 0 Å². The number of ketones is 1. The van der Waals surface area contributed by atoms with E-state index in [2.05, 4.69) is 0 Å². The summed E-state index contributed by atoms with van der Waals surface area (Å²) in [6, 6.07) is 6.10. The molecular formula is C14H14FNO2. The van der Waals surface area contributed by atoms with Gasteiger partial charge in [0.15, 0.2) is 0 Å². The second-order valence-corrected chi connectivity index (χ2v) is 4.51. The molecule has 1 aliphatic rings. The zero-order valence-electron chi connectivity index (χ0n) is 9.99. The van der Waals surface area contributed by atoms with E-state index in [0.29, 0.717) is 24.0 Å². The minimum absolute atomic E-state index is 0.0662. The number of Topliss-reactive ketones (excluding diaryl/α,β-unsaturated/α-hetero) is 1. The number of ether oxygens (including phenoxy) is 1. The monoisotopic (exact) mass is 247 g/mol. The van der Waals surface area contributed by atoms with Crippen molar-refractivity contribution in [1.82, 2.24) is 0 Å². The Morgan fingerprint density at radius 1 is 1.33 bits per heavy atom. The van der Waals surface area contributed by atoms with Crippen LogP contribution < -0.4 is 0 Å². The predicted molar refractivity (Wildman–Crippen MR) is 63.2 cm³/mol. The number of carbonyl (C=O) groups is 1. The lowest BCUT2D eigenvalue weighted by Gasteiger charge is -2.21. The van der Waals surface area contributed by atoms with Crippen LogP contribution in [-0.2, 0) is 16.1 Å². The minimum atomic E-state index is -0.425. The maximum Gasteiger partial charge on any atom is 0.133 e. The third kappa shape index (κ3) is 3.38. The Kier molecular flexibility index (Phi) is 4.06. The second-order valence-electron chi connectivity index (χ2n) is 4.51. The number of hydrogen-bond acceptors (Lipinski definition) is 3. The van der Waals surface area contributed by atoms with Crippen LogP contribution >= 0.6 is 0 Å². The van der Waals surface area contributed by atoms with Crippen molar-refractivity contribution in [1.29, 1.82) is 5.26 Å². The highest BCUT2D eigenvalue weighted by Crippen LogP contribution is 2.20. The first-order valence-electron chi connectivity index (χ1n) is 6.00. The van der Waals surface area contributed by atoms with Crippen LogP contribution in [0.15, 0.2) is 18.2 Å². The molecule has 4 heteroatoms. The lowest BCUT2D eigenvalue weighted by atomic mass is 9.96. The van der Waals surface area contributed by atoms with Crippen LogP contribution in [-0.4, -0.2) is 11.9 Å². The van der Waals surface area contributed by atoms with Gasteiger partial charge in [0, 0.05) is 12.8 Å². The number of benzene rings is 1. The van der Waals surface area contributed by atoms with E-state index >= 15 is 0 Å². The minimum Gasteiger partial charge on any atom is -0.374 e. The van der Waals surface area contributed by atoms with Crippen molar-refractivity contribution in [2.24, 2.45) is 0 Å². The zero-order valence-corrected chi connectivity index (χ0v) is 9.99. The van der Waals surface area contributed by atoms with Gasteiger partial charge in [-0.2, -0.15) is 5.26 Å². The van der Waals surface area contributed by atoms with Crippen LogP contribution in [0.4, 0.5) is 4.39 Å². The Morgan fingerprint density at radius 2 is 2.06 bits per heavy atom. The fraction of sp³-hybridized carbons (Fsp3) is 0.429. The first-order chi connectivity index (χ1) is 8.67.